The molecule has 0 saturated heterocycles. The number of carbonyl (C=O) groups is 1. The van der Waals surface area contributed by atoms with Crippen LogP contribution in [-0.2, 0) is 4.79 Å². The number of nitrogens with zero attached hydrogens (tertiary/aromatic N) is 2. The summed E-state index contributed by atoms with van der Waals surface area (Å²) in [6, 6.07) is 7.36. The topological polar surface area (TPSA) is 116 Å². The molecule has 2 N–H and O–H groups in total. The summed E-state index contributed by atoms with van der Waals surface area (Å²) in [7, 11) is 0. The second-order valence-corrected chi connectivity index (χ2v) is 7.89. The highest BCUT2D eigenvalue weighted by Crippen LogP contribution is 2.41. The number of amides is 1. The highest BCUT2D eigenvalue weighted by atomic mass is 19.4. The van der Waals surface area contributed by atoms with E-state index < -0.39 is 52.8 Å². The minimum absolute atomic E-state index is 0.0692. The third-order valence-corrected chi connectivity index (χ3v) is 5.54. The predicted octanol–water partition coefficient (Wildman–Crippen LogP) is 4.48. The zero-order valence-electron chi connectivity index (χ0n) is 18.1. The number of nitrogens with one attached hydrogen (secondary N) is 1. The highest BCUT2D eigenvalue weighted by Gasteiger charge is 2.60. The lowest BCUT2D eigenvalue weighted by atomic mass is 9.82. The summed E-state index contributed by atoms with van der Waals surface area (Å²) in [5, 5.41) is 25.2. The molecule has 0 bridgehead atoms. The van der Waals surface area contributed by atoms with Gasteiger partial charge in [0.1, 0.15) is 11.6 Å². The van der Waals surface area contributed by atoms with E-state index >= 15 is 0 Å². The molecule has 0 saturated carbocycles. The number of anilines is 1. The molecule has 7 nitrogen and oxygen atoms in total. The summed E-state index contributed by atoms with van der Waals surface area (Å²) in [4.78, 5) is 24.5. The van der Waals surface area contributed by atoms with Crippen LogP contribution in [-0.4, -0.2) is 27.9 Å². The van der Waals surface area contributed by atoms with Gasteiger partial charge in [-0.3, -0.25) is 4.79 Å². The van der Waals surface area contributed by atoms with Gasteiger partial charge in [-0.05, 0) is 61.2 Å². The van der Waals surface area contributed by atoms with Crippen molar-refractivity contribution in [2.75, 3.05) is 5.32 Å². The second-order valence-electron chi connectivity index (χ2n) is 7.89. The first-order valence-corrected chi connectivity index (χ1v) is 10.2. The number of alkyl halides is 3. The maximum atomic E-state index is 14.3. The van der Waals surface area contributed by atoms with Gasteiger partial charge >= 0.3 is 11.8 Å². The number of benzene rings is 2. The number of rotatable bonds is 7. The van der Waals surface area contributed by atoms with Crippen molar-refractivity contribution in [3.8, 4) is 6.07 Å². The van der Waals surface area contributed by atoms with E-state index in [1.807, 2.05) is 5.32 Å². The summed E-state index contributed by atoms with van der Waals surface area (Å²) >= 11 is 0. The van der Waals surface area contributed by atoms with E-state index in [2.05, 4.69) is 9.68 Å². The van der Waals surface area contributed by atoms with E-state index in [1.54, 1.807) is 6.07 Å². The fourth-order valence-electron chi connectivity index (χ4n) is 3.67. The van der Waals surface area contributed by atoms with Gasteiger partial charge in [0.15, 0.2) is 0 Å². The normalized spacial score (nSPS) is 14.2. The third-order valence-electron chi connectivity index (χ3n) is 5.54. The molecule has 0 spiro atoms. The van der Waals surface area contributed by atoms with Gasteiger partial charge in [0.2, 0.25) is 5.60 Å². The second kappa shape index (κ2) is 9.79. The van der Waals surface area contributed by atoms with Gasteiger partial charge in [-0.25, -0.2) is 13.6 Å². The average molecular weight is 495 g/mol. The highest BCUT2D eigenvalue weighted by molar-refractivity contribution is 5.99. The Morgan fingerprint density at radius 3 is 2.57 bits per heavy atom. The summed E-state index contributed by atoms with van der Waals surface area (Å²) < 4.78 is 74.6. The van der Waals surface area contributed by atoms with Crippen LogP contribution in [0, 0.1) is 29.9 Å². The van der Waals surface area contributed by atoms with E-state index in [4.69, 9.17) is 5.26 Å². The molecule has 0 aliphatic carbocycles. The number of aliphatic hydroxyl groups is 1. The number of aromatic nitrogens is 1. The fourth-order valence-corrected chi connectivity index (χ4v) is 3.67. The van der Waals surface area contributed by atoms with Gasteiger partial charge < -0.3 is 14.9 Å². The van der Waals surface area contributed by atoms with Crippen molar-refractivity contribution in [3.05, 3.63) is 69.7 Å². The molecule has 0 aliphatic rings. The Morgan fingerprint density at radius 1 is 1.20 bits per heavy atom. The quantitative estimate of drug-likeness (QED) is 0.467. The summed E-state index contributed by atoms with van der Waals surface area (Å²) in [6.07, 6.45) is -7.60. The Bertz CT molecular complexity index is 1370. The molecule has 0 aliphatic heterocycles. The van der Waals surface area contributed by atoms with Crippen molar-refractivity contribution in [2.24, 2.45) is 0 Å². The number of aryl methyl sites for hydroxylation is 1. The molecule has 3 aromatic rings. The summed E-state index contributed by atoms with van der Waals surface area (Å²) in [6.45, 7) is 1.47. The Hall–Kier alpha value is -3.85. The van der Waals surface area contributed by atoms with Gasteiger partial charge in [0.05, 0.1) is 17.1 Å². The number of nitriles is 1. The summed E-state index contributed by atoms with van der Waals surface area (Å²) in [5.74, 6) is -5.38. The minimum atomic E-state index is -5.51. The molecule has 12 heteroatoms. The summed E-state index contributed by atoms with van der Waals surface area (Å²) in [5.41, 5.74) is -5.29. The van der Waals surface area contributed by atoms with E-state index in [1.165, 1.54) is 19.1 Å². The van der Waals surface area contributed by atoms with E-state index in [0.717, 1.165) is 12.1 Å². The first-order chi connectivity index (χ1) is 16.4. The molecule has 2 aromatic carbocycles. The van der Waals surface area contributed by atoms with Crippen LogP contribution in [0.4, 0.5) is 27.6 Å². The Morgan fingerprint density at radius 2 is 1.91 bits per heavy atom. The van der Waals surface area contributed by atoms with E-state index in [-0.39, 0.29) is 35.0 Å². The Balaban J connectivity index is 2.00. The van der Waals surface area contributed by atoms with Gasteiger partial charge in [0.25, 0.3) is 5.91 Å². The number of carbonyl (C=O) groups excluding carboxylic acids is 1. The molecule has 2 atom stereocenters. The molecule has 1 heterocycles. The molecule has 1 aromatic heterocycles. The number of hydrogen-bond donors (Lipinski definition) is 2. The third kappa shape index (κ3) is 5.30. The van der Waals surface area contributed by atoms with Crippen LogP contribution in [0.5, 0.6) is 0 Å². The van der Waals surface area contributed by atoms with Gasteiger partial charge in [-0.1, -0.05) is 5.16 Å². The first kappa shape index (κ1) is 25.8. The zero-order valence-corrected chi connectivity index (χ0v) is 18.1. The molecular weight excluding hydrogens is 477 g/mol. The Kier molecular flexibility index (Phi) is 7.21. The lowest BCUT2D eigenvalue weighted by Crippen LogP contribution is -2.55. The van der Waals surface area contributed by atoms with Crippen LogP contribution in [0.1, 0.15) is 36.4 Å². The smallest absolute Gasteiger partial charge is 0.373 e. The Labute approximate surface area is 194 Å². The molecule has 3 rings (SSSR count). The molecule has 184 valence electrons. The van der Waals surface area contributed by atoms with Crippen molar-refractivity contribution >= 4 is 22.4 Å². The molecule has 0 radical (unpaired) electrons. The fraction of sp³-hybridized carbons (Fsp3) is 0.304. The lowest BCUT2D eigenvalue weighted by molar-refractivity contribution is -0.252. The molecule has 1 amide bonds. The van der Waals surface area contributed by atoms with Crippen LogP contribution in [0.15, 0.2) is 45.7 Å². The minimum Gasteiger partial charge on any atom is -0.373 e. The maximum absolute atomic E-state index is 14.3. The molecule has 35 heavy (non-hydrogen) atoms. The van der Waals surface area contributed by atoms with Crippen LogP contribution >= 0.6 is 0 Å². The zero-order chi connectivity index (χ0) is 26.0. The van der Waals surface area contributed by atoms with Crippen molar-refractivity contribution in [1.82, 2.24) is 5.16 Å². The largest absolute Gasteiger partial charge is 0.426 e. The molecule has 0 fully saturated rings. The van der Waals surface area contributed by atoms with E-state index in [9.17, 15) is 36.6 Å². The first-order valence-electron chi connectivity index (χ1n) is 10.2. The standard InChI is InChI=1S/C23H18F5N3O4/c1-12-17-10-15(5-6-16(17)20(32)35-31-12)30-21(33)22(34,23(26,27)28)11-13(3-2-8-29)18-9-14(24)4-7-19(18)25/h4-7,9-10,13,34H,2-3,11H2,1H3,(H,30,33). The van der Waals surface area contributed by atoms with Crippen LogP contribution in [0.2, 0.25) is 0 Å². The van der Waals surface area contributed by atoms with Crippen molar-refractivity contribution in [1.29, 1.82) is 5.26 Å². The molecular formula is C23H18F5N3O4. The van der Waals surface area contributed by atoms with E-state index in [0.29, 0.717) is 12.1 Å². The van der Waals surface area contributed by atoms with Crippen LogP contribution in [0.25, 0.3) is 10.8 Å². The maximum Gasteiger partial charge on any atom is 0.426 e. The van der Waals surface area contributed by atoms with Crippen molar-refractivity contribution in [2.45, 2.75) is 43.9 Å². The number of fused-ring (bicyclic) bond motifs is 1. The SMILES string of the molecule is Cc1noc(=O)c2ccc(NC(=O)C(O)(CC(CCC#N)c3cc(F)ccc3F)C(F)(F)F)cc12. The average Bonchev–Trinajstić information content (AvgIpc) is 2.80. The van der Waals surface area contributed by atoms with Crippen molar-refractivity contribution < 1.29 is 36.4 Å². The van der Waals surface area contributed by atoms with Gasteiger partial charge in [-0.2, -0.15) is 18.4 Å². The van der Waals surface area contributed by atoms with Crippen LogP contribution in [0.3, 0.4) is 0 Å². The predicted molar refractivity (Wildman–Crippen MR) is 113 cm³/mol. The van der Waals surface area contributed by atoms with Crippen molar-refractivity contribution in [3.63, 3.8) is 0 Å². The van der Waals surface area contributed by atoms with Crippen LogP contribution < -0.4 is 10.9 Å². The number of hydrogen-bond acceptors (Lipinski definition) is 6. The van der Waals surface area contributed by atoms with Gasteiger partial charge in [0, 0.05) is 23.9 Å². The van der Waals surface area contributed by atoms with Gasteiger partial charge in [-0.15, -0.1) is 0 Å². The lowest BCUT2D eigenvalue weighted by Gasteiger charge is -2.32. The molecule has 2 unspecified atom stereocenters. The number of halogens is 5. The monoisotopic (exact) mass is 495 g/mol.